The Balaban J connectivity index is 0.00000312. The van der Waals surface area contributed by atoms with Gasteiger partial charge in [-0.3, -0.25) is 4.79 Å². The molecule has 0 aliphatic heterocycles. The van der Waals surface area contributed by atoms with Crippen molar-refractivity contribution in [3.05, 3.63) is 52.5 Å². The van der Waals surface area contributed by atoms with Gasteiger partial charge in [-0.05, 0) is 48.9 Å². The summed E-state index contributed by atoms with van der Waals surface area (Å²) in [6.45, 7) is 2.12. The van der Waals surface area contributed by atoms with E-state index in [9.17, 15) is 4.79 Å². The summed E-state index contributed by atoms with van der Waals surface area (Å²) < 4.78 is 0. The first-order valence-electron chi connectivity index (χ1n) is 8.08. The Morgan fingerprint density at radius 3 is 2.24 bits per heavy atom. The number of benzene rings is 2. The molecule has 0 aliphatic rings. The highest BCUT2D eigenvalue weighted by molar-refractivity contribution is 6.42. The number of hydrogen-bond donors (Lipinski definition) is 2. The highest BCUT2D eigenvalue weighted by atomic mass is 35.5. The number of hydrogen-bond acceptors (Lipinski definition) is 2. The summed E-state index contributed by atoms with van der Waals surface area (Å²) in [7, 11) is 1.81. The lowest BCUT2D eigenvalue weighted by molar-refractivity contribution is -0.118. The number of carbonyl (C=O) groups is 1. The van der Waals surface area contributed by atoms with Crippen molar-refractivity contribution >= 4 is 47.2 Å². The zero-order valence-electron chi connectivity index (χ0n) is 14.3. The third-order valence-electron chi connectivity index (χ3n) is 3.92. The fourth-order valence-corrected chi connectivity index (χ4v) is 2.76. The number of unbranched alkanes of at least 4 members (excludes halogenated alkanes) is 1. The minimum atomic E-state index is -0.167. The molecule has 25 heavy (non-hydrogen) atoms. The van der Waals surface area contributed by atoms with Gasteiger partial charge in [-0.15, -0.1) is 12.4 Å². The van der Waals surface area contributed by atoms with Gasteiger partial charge < -0.3 is 10.6 Å². The molecule has 1 amide bonds. The summed E-state index contributed by atoms with van der Waals surface area (Å²) in [6.07, 6.45) is 2.93. The second-order valence-corrected chi connectivity index (χ2v) is 6.49. The Bertz CT molecular complexity index is 690. The van der Waals surface area contributed by atoms with Crippen LogP contribution in [0.2, 0.25) is 10.0 Å². The van der Waals surface area contributed by atoms with Gasteiger partial charge >= 0.3 is 0 Å². The van der Waals surface area contributed by atoms with Crippen LogP contribution in [0.3, 0.4) is 0 Å². The minimum absolute atomic E-state index is 0. The number of halogens is 3. The van der Waals surface area contributed by atoms with E-state index < -0.39 is 0 Å². The van der Waals surface area contributed by atoms with E-state index in [1.165, 1.54) is 0 Å². The van der Waals surface area contributed by atoms with Crippen LogP contribution < -0.4 is 10.6 Å². The maximum atomic E-state index is 12.3. The van der Waals surface area contributed by atoms with Crippen molar-refractivity contribution in [2.45, 2.75) is 32.2 Å². The first-order valence-corrected chi connectivity index (χ1v) is 8.84. The molecule has 0 heterocycles. The molecule has 2 rings (SSSR count). The van der Waals surface area contributed by atoms with Crippen molar-refractivity contribution in [2.24, 2.45) is 0 Å². The van der Waals surface area contributed by atoms with Gasteiger partial charge in [0.25, 0.3) is 0 Å². The van der Waals surface area contributed by atoms with Gasteiger partial charge in [-0.1, -0.05) is 61.2 Å². The van der Waals surface area contributed by atoms with Gasteiger partial charge in [0.2, 0.25) is 5.91 Å². The number of anilines is 1. The molecular formula is C19H23Cl3N2O. The second-order valence-electron chi connectivity index (χ2n) is 5.68. The fraction of sp³-hybridized carbons (Fsp3) is 0.316. The lowest BCUT2D eigenvalue weighted by Gasteiger charge is -2.16. The second kappa shape index (κ2) is 10.7. The highest BCUT2D eigenvalue weighted by Crippen LogP contribution is 2.29. The molecule has 0 aromatic heterocycles. The SMILES string of the molecule is CCCCC(NC)C(=O)Nc1ccc(-c2ccc(Cl)c(Cl)c2)cc1.Cl. The summed E-state index contributed by atoms with van der Waals surface area (Å²) in [5, 5.41) is 7.08. The molecule has 0 fully saturated rings. The summed E-state index contributed by atoms with van der Waals surface area (Å²) in [5.41, 5.74) is 2.78. The lowest BCUT2D eigenvalue weighted by Crippen LogP contribution is -2.38. The average Bonchev–Trinajstić information content (AvgIpc) is 2.59. The molecule has 0 radical (unpaired) electrons. The summed E-state index contributed by atoms with van der Waals surface area (Å²) >= 11 is 12.0. The molecule has 6 heteroatoms. The molecule has 1 atom stereocenters. The molecule has 3 nitrogen and oxygen atoms in total. The summed E-state index contributed by atoms with van der Waals surface area (Å²) in [4.78, 5) is 12.3. The molecule has 2 aromatic rings. The van der Waals surface area contributed by atoms with E-state index in [0.717, 1.165) is 36.1 Å². The quantitative estimate of drug-likeness (QED) is 0.615. The van der Waals surface area contributed by atoms with Gasteiger partial charge in [0, 0.05) is 5.69 Å². The van der Waals surface area contributed by atoms with Gasteiger partial charge in [-0.2, -0.15) is 0 Å². The van der Waals surface area contributed by atoms with E-state index in [0.29, 0.717) is 10.0 Å². The van der Waals surface area contributed by atoms with Crippen molar-refractivity contribution in [1.29, 1.82) is 0 Å². The standard InChI is InChI=1S/C19H22Cl2N2O.ClH/c1-3-4-5-18(22-2)19(24)23-15-9-6-13(7-10-15)14-8-11-16(20)17(21)12-14;/h6-12,18,22H,3-5H2,1-2H3,(H,23,24);1H. The third kappa shape index (κ3) is 6.19. The van der Waals surface area contributed by atoms with Gasteiger partial charge in [0.05, 0.1) is 16.1 Å². The normalized spacial score (nSPS) is 11.5. The van der Waals surface area contributed by atoms with Crippen molar-refractivity contribution < 1.29 is 4.79 Å². The van der Waals surface area contributed by atoms with Crippen LogP contribution in [0.5, 0.6) is 0 Å². The molecule has 136 valence electrons. The molecule has 0 spiro atoms. The Morgan fingerprint density at radius 2 is 1.68 bits per heavy atom. The predicted octanol–water partition coefficient (Wildman–Crippen LogP) is 5.80. The zero-order valence-corrected chi connectivity index (χ0v) is 16.6. The van der Waals surface area contributed by atoms with Gasteiger partial charge in [0.1, 0.15) is 0 Å². The smallest absolute Gasteiger partial charge is 0.241 e. The third-order valence-corrected chi connectivity index (χ3v) is 4.66. The molecule has 2 N–H and O–H groups in total. The Hall–Kier alpha value is -1.26. The Morgan fingerprint density at radius 1 is 1.04 bits per heavy atom. The van der Waals surface area contributed by atoms with E-state index in [1.54, 1.807) is 6.07 Å². The topological polar surface area (TPSA) is 41.1 Å². The number of nitrogens with one attached hydrogen (secondary N) is 2. The summed E-state index contributed by atoms with van der Waals surface area (Å²) in [5.74, 6) is -0.00626. The predicted molar refractivity (Wildman–Crippen MR) is 110 cm³/mol. The van der Waals surface area contributed by atoms with Crippen LogP contribution >= 0.6 is 35.6 Å². The zero-order chi connectivity index (χ0) is 17.5. The van der Waals surface area contributed by atoms with Crippen LogP contribution in [0.1, 0.15) is 26.2 Å². The lowest BCUT2D eigenvalue weighted by atomic mass is 10.1. The number of likely N-dealkylation sites (N-methyl/N-ethyl adjacent to an activating group) is 1. The van der Waals surface area contributed by atoms with E-state index in [-0.39, 0.29) is 24.4 Å². The van der Waals surface area contributed by atoms with Crippen LogP contribution in [0.15, 0.2) is 42.5 Å². The van der Waals surface area contributed by atoms with Crippen LogP contribution in [0.25, 0.3) is 11.1 Å². The first kappa shape index (κ1) is 21.8. The van der Waals surface area contributed by atoms with Crippen LogP contribution in [0.4, 0.5) is 5.69 Å². The monoisotopic (exact) mass is 400 g/mol. The van der Waals surface area contributed by atoms with Crippen LogP contribution in [-0.2, 0) is 4.79 Å². The number of rotatable bonds is 7. The van der Waals surface area contributed by atoms with Crippen molar-refractivity contribution in [3.63, 3.8) is 0 Å². The summed E-state index contributed by atoms with van der Waals surface area (Å²) in [6, 6.07) is 13.1. The number of carbonyl (C=O) groups excluding carboxylic acids is 1. The molecular weight excluding hydrogens is 379 g/mol. The van der Waals surface area contributed by atoms with Crippen molar-refractivity contribution in [2.75, 3.05) is 12.4 Å². The molecule has 0 saturated carbocycles. The van der Waals surface area contributed by atoms with Crippen LogP contribution in [-0.4, -0.2) is 19.0 Å². The maximum absolute atomic E-state index is 12.3. The van der Waals surface area contributed by atoms with E-state index in [4.69, 9.17) is 23.2 Å². The largest absolute Gasteiger partial charge is 0.325 e. The maximum Gasteiger partial charge on any atom is 0.241 e. The van der Waals surface area contributed by atoms with Gasteiger partial charge in [-0.25, -0.2) is 0 Å². The Kier molecular flexibility index (Phi) is 9.30. The molecule has 0 bridgehead atoms. The molecule has 1 unspecified atom stereocenters. The minimum Gasteiger partial charge on any atom is -0.325 e. The molecule has 0 saturated heterocycles. The highest BCUT2D eigenvalue weighted by Gasteiger charge is 2.15. The fourth-order valence-electron chi connectivity index (χ4n) is 2.47. The average molecular weight is 402 g/mol. The number of amides is 1. The van der Waals surface area contributed by atoms with Crippen LogP contribution in [0, 0.1) is 0 Å². The molecule has 2 aromatic carbocycles. The van der Waals surface area contributed by atoms with Crippen molar-refractivity contribution in [3.8, 4) is 11.1 Å². The first-order chi connectivity index (χ1) is 11.5. The van der Waals surface area contributed by atoms with Gasteiger partial charge in [0.15, 0.2) is 0 Å². The van der Waals surface area contributed by atoms with E-state index in [1.807, 2.05) is 43.4 Å². The van der Waals surface area contributed by atoms with Crippen molar-refractivity contribution in [1.82, 2.24) is 5.32 Å². The van der Waals surface area contributed by atoms with E-state index in [2.05, 4.69) is 17.6 Å². The Labute approximate surface area is 165 Å². The van der Waals surface area contributed by atoms with E-state index >= 15 is 0 Å². The molecule has 0 aliphatic carbocycles.